The highest BCUT2D eigenvalue weighted by Gasteiger charge is 2.52. The second kappa shape index (κ2) is 12.1. The fourth-order valence-electron chi connectivity index (χ4n) is 6.45. The van der Waals surface area contributed by atoms with E-state index in [0.29, 0.717) is 53.5 Å². The molecule has 37 heavy (non-hydrogen) atoms. The monoisotopic (exact) mass is 546 g/mol. The summed E-state index contributed by atoms with van der Waals surface area (Å²) in [6, 6.07) is 14.3. The first kappa shape index (κ1) is 27.9. The maximum Gasteiger partial charge on any atom is 0.313 e. The summed E-state index contributed by atoms with van der Waals surface area (Å²) in [5.41, 5.74) is 2.29. The molecule has 2 aromatic carbocycles. The zero-order valence-electron chi connectivity index (χ0n) is 21.6. The Hall–Kier alpha value is -2.15. The lowest BCUT2D eigenvalue weighted by molar-refractivity contribution is -0.486. The van der Waals surface area contributed by atoms with Crippen LogP contribution in [0.25, 0.3) is 0 Å². The average Bonchev–Trinajstić information content (AvgIpc) is 2.89. The summed E-state index contributed by atoms with van der Waals surface area (Å²) in [7, 11) is 0. The molecule has 0 amide bonds. The van der Waals surface area contributed by atoms with Crippen LogP contribution >= 0.6 is 23.2 Å². The summed E-state index contributed by atoms with van der Waals surface area (Å²) >= 11 is 12.4. The molecule has 2 aliphatic rings. The minimum Gasteiger partial charge on any atom is -0.466 e. The van der Waals surface area contributed by atoms with Crippen LogP contribution in [0.1, 0.15) is 74.0 Å². The number of nitrogens with zero attached hydrogens (tertiary/aromatic N) is 2. The number of ether oxygens (including phenoxy) is 1. The number of piperidine rings is 1. The van der Waals surface area contributed by atoms with E-state index in [-0.39, 0.29) is 24.0 Å². The Morgan fingerprint density at radius 1 is 1.11 bits per heavy atom. The van der Waals surface area contributed by atoms with E-state index in [9.17, 15) is 14.9 Å². The van der Waals surface area contributed by atoms with Crippen molar-refractivity contribution in [3.8, 4) is 0 Å². The van der Waals surface area contributed by atoms with Crippen LogP contribution < -0.4 is 0 Å². The zero-order valence-corrected chi connectivity index (χ0v) is 23.1. The number of esters is 1. The predicted molar refractivity (Wildman–Crippen MR) is 147 cm³/mol. The molecule has 0 radical (unpaired) electrons. The molecule has 3 atom stereocenters. The Morgan fingerprint density at radius 2 is 1.78 bits per heavy atom. The molecule has 4 rings (SSSR count). The highest BCUT2D eigenvalue weighted by atomic mass is 35.5. The Kier molecular flexibility index (Phi) is 9.15. The normalized spacial score (nSPS) is 22.8. The molecule has 1 aliphatic carbocycles. The van der Waals surface area contributed by atoms with Crippen molar-refractivity contribution in [2.75, 3.05) is 26.2 Å². The second-order valence-corrected chi connectivity index (χ2v) is 11.3. The quantitative estimate of drug-likeness (QED) is 0.202. The maximum atomic E-state index is 13.5. The highest BCUT2D eigenvalue weighted by molar-refractivity contribution is 6.42. The van der Waals surface area contributed by atoms with Crippen molar-refractivity contribution >= 4 is 29.2 Å². The molecule has 0 N–H and O–H groups in total. The third kappa shape index (κ3) is 6.13. The van der Waals surface area contributed by atoms with Crippen LogP contribution in [-0.2, 0) is 9.53 Å². The van der Waals surface area contributed by atoms with Gasteiger partial charge in [-0.25, -0.2) is 0 Å². The topological polar surface area (TPSA) is 72.7 Å². The first-order chi connectivity index (χ1) is 17.7. The predicted octanol–water partition coefficient (Wildman–Crippen LogP) is 7.03. The van der Waals surface area contributed by atoms with Crippen molar-refractivity contribution in [3.05, 3.63) is 79.3 Å². The van der Waals surface area contributed by atoms with Crippen molar-refractivity contribution in [1.82, 2.24) is 4.90 Å². The smallest absolute Gasteiger partial charge is 0.313 e. The van der Waals surface area contributed by atoms with Crippen molar-refractivity contribution in [2.24, 2.45) is 5.41 Å². The third-order valence-corrected chi connectivity index (χ3v) is 9.16. The Balaban J connectivity index is 1.63. The molecule has 1 saturated heterocycles. The van der Waals surface area contributed by atoms with Gasteiger partial charge in [0, 0.05) is 11.0 Å². The van der Waals surface area contributed by atoms with Gasteiger partial charge >= 0.3 is 5.97 Å². The number of rotatable bonds is 8. The number of carbonyl (C=O) groups excluding carboxylic acids is 1. The summed E-state index contributed by atoms with van der Waals surface area (Å²) < 4.78 is 5.57. The minimum atomic E-state index is -0.995. The van der Waals surface area contributed by atoms with E-state index in [0.717, 1.165) is 12.8 Å². The van der Waals surface area contributed by atoms with Gasteiger partial charge in [-0.1, -0.05) is 71.9 Å². The fourth-order valence-corrected chi connectivity index (χ4v) is 6.76. The number of likely N-dealkylation sites (tertiary alicyclic amines) is 1. The maximum absolute atomic E-state index is 13.5. The summed E-state index contributed by atoms with van der Waals surface area (Å²) in [4.78, 5) is 27.5. The molecule has 200 valence electrons. The molecule has 1 aliphatic heterocycles. The third-order valence-electron chi connectivity index (χ3n) is 8.42. The molecule has 0 spiro atoms. The van der Waals surface area contributed by atoms with Crippen LogP contribution in [0.15, 0.2) is 42.5 Å². The number of halogens is 2. The molecular weight excluding hydrogens is 511 g/mol. The van der Waals surface area contributed by atoms with Gasteiger partial charge in [0.15, 0.2) is 0 Å². The van der Waals surface area contributed by atoms with Crippen molar-refractivity contribution in [3.63, 3.8) is 0 Å². The number of hydrogen-bond acceptors (Lipinski definition) is 5. The molecule has 2 fully saturated rings. The number of hydrogen-bond donors (Lipinski definition) is 0. The molecular formula is C29H36Cl2N2O4. The lowest BCUT2D eigenvalue weighted by atomic mass is 9.65. The number of aryl methyl sites for hydroxylation is 1. The number of nitro groups is 1. The molecule has 1 heterocycles. The van der Waals surface area contributed by atoms with Gasteiger partial charge in [0.05, 0.1) is 28.0 Å². The van der Waals surface area contributed by atoms with Gasteiger partial charge in [-0.2, -0.15) is 0 Å². The number of benzene rings is 2. The Morgan fingerprint density at radius 3 is 2.41 bits per heavy atom. The van der Waals surface area contributed by atoms with Crippen LogP contribution in [0.3, 0.4) is 0 Å². The largest absolute Gasteiger partial charge is 0.466 e. The van der Waals surface area contributed by atoms with Crippen LogP contribution in [0.2, 0.25) is 10.0 Å². The van der Waals surface area contributed by atoms with Crippen LogP contribution in [0, 0.1) is 22.5 Å². The minimum absolute atomic E-state index is 0.231. The number of carbonyl (C=O) groups is 1. The Labute approximate surface area is 229 Å². The van der Waals surface area contributed by atoms with Gasteiger partial charge in [-0.15, -0.1) is 0 Å². The molecule has 0 bridgehead atoms. The SMILES string of the molecule is CCOC(=O)C1(C(C[N+](=O)[O-])c2ccc(Cl)c(Cl)c2)CCN(C2CCCCC2c2ccc(C)cc2)CC1. The summed E-state index contributed by atoms with van der Waals surface area (Å²) in [5, 5.41) is 12.5. The molecule has 8 heteroatoms. The molecule has 2 aromatic rings. The molecule has 1 saturated carbocycles. The van der Waals surface area contributed by atoms with Crippen LogP contribution in [-0.4, -0.2) is 48.1 Å². The summed E-state index contributed by atoms with van der Waals surface area (Å²) in [5.74, 6) is -0.557. The van der Waals surface area contributed by atoms with E-state index in [1.165, 1.54) is 24.0 Å². The lowest BCUT2D eigenvalue weighted by Crippen LogP contribution is -2.53. The standard InChI is InChI=1S/C29H36Cl2N2O4/c1-3-37-28(34)29(24(19-33(35)36)22-12-13-25(30)26(31)18-22)14-16-32(17-15-29)27-7-5-4-6-23(27)21-10-8-20(2)9-11-21/h8-13,18,23-24,27H,3-7,14-17,19H2,1-2H3. The highest BCUT2D eigenvalue weighted by Crippen LogP contribution is 2.48. The summed E-state index contributed by atoms with van der Waals surface area (Å²) in [6.07, 6.45) is 5.69. The Bertz CT molecular complexity index is 1100. The van der Waals surface area contributed by atoms with Crippen LogP contribution in [0.4, 0.5) is 0 Å². The van der Waals surface area contributed by atoms with Crippen molar-refractivity contribution < 1.29 is 14.5 Å². The van der Waals surface area contributed by atoms with Crippen molar-refractivity contribution in [2.45, 2.75) is 70.3 Å². The van der Waals surface area contributed by atoms with Gasteiger partial charge in [0.25, 0.3) is 0 Å². The van der Waals surface area contributed by atoms with E-state index in [4.69, 9.17) is 27.9 Å². The van der Waals surface area contributed by atoms with E-state index in [2.05, 4.69) is 36.1 Å². The van der Waals surface area contributed by atoms with Gasteiger partial charge in [-0.3, -0.25) is 19.8 Å². The first-order valence-electron chi connectivity index (χ1n) is 13.3. The molecule has 3 unspecified atom stereocenters. The van der Waals surface area contributed by atoms with E-state index in [1.54, 1.807) is 25.1 Å². The van der Waals surface area contributed by atoms with Gasteiger partial charge < -0.3 is 4.74 Å². The van der Waals surface area contributed by atoms with Crippen LogP contribution in [0.5, 0.6) is 0 Å². The van der Waals surface area contributed by atoms with E-state index >= 15 is 0 Å². The zero-order chi connectivity index (χ0) is 26.6. The lowest BCUT2D eigenvalue weighted by Gasteiger charge is -2.48. The average molecular weight is 548 g/mol. The van der Waals surface area contributed by atoms with E-state index in [1.807, 2.05) is 0 Å². The summed E-state index contributed by atoms with van der Waals surface area (Å²) in [6.45, 7) is 5.14. The van der Waals surface area contributed by atoms with Gasteiger partial charge in [-0.05, 0) is 81.8 Å². The van der Waals surface area contributed by atoms with Gasteiger partial charge in [0.2, 0.25) is 6.54 Å². The second-order valence-electron chi connectivity index (χ2n) is 10.5. The van der Waals surface area contributed by atoms with Crippen molar-refractivity contribution in [1.29, 1.82) is 0 Å². The van der Waals surface area contributed by atoms with E-state index < -0.39 is 11.3 Å². The fraction of sp³-hybridized carbons (Fsp3) is 0.552. The first-order valence-corrected chi connectivity index (χ1v) is 14.1. The van der Waals surface area contributed by atoms with Gasteiger partial charge in [0.1, 0.15) is 0 Å². The molecule has 6 nitrogen and oxygen atoms in total. The molecule has 0 aromatic heterocycles.